The molecule has 0 amide bonds. The van der Waals surface area contributed by atoms with Gasteiger partial charge in [-0.15, -0.1) is 0 Å². The first-order valence-corrected chi connectivity index (χ1v) is 8.28. The number of alkyl halides is 3. The summed E-state index contributed by atoms with van der Waals surface area (Å²) in [4.78, 5) is 8.44. The molecule has 5 nitrogen and oxygen atoms in total. The molecule has 1 aromatic carbocycles. The van der Waals surface area contributed by atoms with Crippen LogP contribution in [-0.4, -0.2) is 24.7 Å². The molecule has 0 unspecified atom stereocenters. The summed E-state index contributed by atoms with van der Waals surface area (Å²) in [6.07, 6.45) is -2.02. The normalized spacial score (nSPS) is 13.6. The van der Waals surface area contributed by atoms with E-state index >= 15 is 0 Å². The van der Waals surface area contributed by atoms with Gasteiger partial charge in [0, 0.05) is 17.0 Å². The number of aromatic nitrogens is 5. The third-order valence-corrected chi connectivity index (χ3v) is 4.56. The predicted molar refractivity (Wildman–Crippen MR) is 92.2 cm³/mol. The highest BCUT2D eigenvalue weighted by Gasteiger charge is 2.33. The van der Waals surface area contributed by atoms with Crippen molar-refractivity contribution < 1.29 is 13.2 Å². The van der Waals surface area contributed by atoms with Gasteiger partial charge in [-0.3, -0.25) is 9.67 Å². The van der Waals surface area contributed by atoms with E-state index in [2.05, 4.69) is 20.2 Å². The van der Waals surface area contributed by atoms with Crippen molar-refractivity contribution in [2.45, 2.75) is 32.4 Å². The topological polar surface area (TPSA) is 59.4 Å². The zero-order valence-electron chi connectivity index (χ0n) is 14.2. The highest BCUT2D eigenvalue weighted by molar-refractivity contribution is 5.82. The average Bonchev–Trinajstić information content (AvgIpc) is 3.22. The van der Waals surface area contributed by atoms with Gasteiger partial charge in [0.2, 0.25) is 0 Å². The van der Waals surface area contributed by atoms with Crippen LogP contribution in [-0.2, 0) is 6.18 Å². The first kappa shape index (κ1) is 16.6. The monoisotopic (exact) mass is 359 g/mol. The Morgan fingerprint density at radius 3 is 2.69 bits per heavy atom. The summed E-state index contributed by atoms with van der Waals surface area (Å²) in [6.45, 7) is 4.01. The predicted octanol–water partition coefficient (Wildman–Crippen LogP) is 4.83. The van der Waals surface area contributed by atoms with Gasteiger partial charge >= 0.3 is 6.18 Å². The molecule has 4 aromatic rings. The van der Waals surface area contributed by atoms with Crippen molar-refractivity contribution in [1.82, 2.24) is 24.7 Å². The first-order valence-electron chi connectivity index (χ1n) is 8.28. The zero-order valence-corrected chi connectivity index (χ0v) is 14.2. The lowest BCUT2D eigenvalue weighted by Crippen LogP contribution is -2.09. The molecule has 0 fully saturated rings. The molecule has 0 aliphatic heterocycles. The molecule has 0 aliphatic carbocycles. The number of benzene rings is 1. The number of H-pyrrole nitrogens is 1. The lowest BCUT2D eigenvalue weighted by molar-refractivity contribution is -0.141. The minimum Gasteiger partial charge on any atom is -0.280 e. The van der Waals surface area contributed by atoms with Crippen molar-refractivity contribution >= 4 is 22.1 Å². The number of nitrogens with zero attached hydrogens (tertiary/aromatic N) is 4. The molecule has 134 valence electrons. The number of rotatable bonds is 3. The number of hydrogen-bond acceptors (Lipinski definition) is 3. The van der Waals surface area contributed by atoms with Gasteiger partial charge in [0.25, 0.3) is 0 Å². The van der Waals surface area contributed by atoms with Crippen molar-refractivity contribution in [3.63, 3.8) is 0 Å². The third kappa shape index (κ3) is 2.61. The second-order valence-electron chi connectivity index (χ2n) is 6.29. The highest BCUT2D eigenvalue weighted by atomic mass is 19.4. The first-order chi connectivity index (χ1) is 12.4. The summed E-state index contributed by atoms with van der Waals surface area (Å²) >= 11 is 0. The maximum absolute atomic E-state index is 13.1. The van der Waals surface area contributed by atoms with Crippen molar-refractivity contribution in [1.29, 1.82) is 0 Å². The van der Waals surface area contributed by atoms with Crippen LogP contribution in [0.2, 0.25) is 0 Å². The van der Waals surface area contributed by atoms with Crippen molar-refractivity contribution in [3.05, 3.63) is 48.0 Å². The van der Waals surface area contributed by atoms with Gasteiger partial charge in [0.1, 0.15) is 17.0 Å². The van der Waals surface area contributed by atoms with Gasteiger partial charge in [0.15, 0.2) is 5.65 Å². The molecule has 0 radical (unpaired) electrons. The molecule has 0 saturated carbocycles. The summed E-state index contributed by atoms with van der Waals surface area (Å²) in [7, 11) is 0. The molecule has 0 spiro atoms. The van der Waals surface area contributed by atoms with Crippen LogP contribution in [0, 0.1) is 0 Å². The fraction of sp³-hybridized carbons (Fsp3) is 0.278. The van der Waals surface area contributed by atoms with Crippen molar-refractivity contribution in [2.24, 2.45) is 0 Å². The van der Waals surface area contributed by atoms with Crippen molar-refractivity contribution in [3.8, 4) is 5.69 Å². The standard InChI is InChI=1S/C18H16F3N5/c1-3-10(2)16-23-14-6-7-15(18(19,20)21)24-17(14)26(16)12-4-5-13-11(8-12)9-22-25-13/h4-10H,3H2,1-2H3,(H,22,25)/t10-/m1/s1. The summed E-state index contributed by atoms with van der Waals surface area (Å²) in [5.74, 6) is 0.760. The second-order valence-corrected chi connectivity index (χ2v) is 6.29. The van der Waals surface area contributed by atoms with E-state index < -0.39 is 11.9 Å². The van der Waals surface area contributed by atoms with Gasteiger partial charge in [-0.05, 0) is 36.8 Å². The number of nitrogens with one attached hydrogen (secondary N) is 1. The van der Waals surface area contributed by atoms with E-state index in [1.54, 1.807) is 10.8 Å². The quantitative estimate of drug-likeness (QED) is 0.570. The maximum atomic E-state index is 13.1. The molecule has 1 atom stereocenters. The Morgan fingerprint density at radius 1 is 1.15 bits per heavy atom. The molecule has 4 rings (SSSR count). The molecule has 0 bridgehead atoms. The van der Waals surface area contributed by atoms with Gasteiger partial charge in [-0.1, -0.05) is 13.8 Å². The molecule has 26 heavy (non-hydrogen) atoms. The maximum Gasteiger partial charge on any atom is 0.433 e. The van der Waals surface area contributed by atoms with Gasteiger partial charge < -0.3 is 0 Å². The zero-order chi connectivity index (χ0) is 18.5. The average molecular weight is 359 g/mol. The Kier molecular flexibility index (Phi) is 3.71. The Hall–Kier alpha value is -2.90. The summed E-state index contributed by atoms with van der Waals surface area (Å²) in [5, 5.41) is 7.73. The molecule has 1 N–H and O–H groups in total. The molecule has 0 saturated heterocycles. The largest absolute Gasteiger partial charge is 0.433 e. The van der Waals surface area contributed by atoms with E-state index in [9.17, 15) is 13.2 Å². The summed E-state index contributed by atoms with van der Waals surface area (Å²) < 4.78 is 41.1. The van der Waals surface area contributed by atoms with Gasteiger partial charge in [0.05, 0.1) is 11.7 Å². The minimum absolute atomic E-state index is 0.0681. The molecule has 8 heteroatoms. The van der Waals surface area contributed by atoms with E-state index in [-0.39, 0.29) is 11.6 Å². The lowest BCUT2D eigenvalue weighted by atomic mass is 10.1. The molecule has 0 aliphatic rings. The lowest BCUT2D eigenvalue weighted by Gasteiger charge is -2.13. The molecule has 3 heterocycles. The fourth-order valence-electron chi connectivity index (χ4n) is 2.97. The number of hydrogen-bond donors (Lipinski definition) is 1. The van der Waals surface area contributed by atoms with Crippen LogP contribution in [0.3, 0.4) is 0 Å². The molecular formula is C18H16F3N5. The third-order valence-electron chi connectivity index (χ3n) is 4.56. The van der Waals surface area contributed by atoms with Crippen LogP contribution >= 0.6 is 0 Å². The minimum atomic E-state index is -4.51. The second kappa shape index (κ2) is 5.82. The SMILES string of the molecule is CC[C@@H](C)c1nc2ccc(C(F)(F)F)nc2n1-c1ccc2[nH]ncc2c1. The van der Waals surface area contributed by atoms with Crippen LogP contribution in [0.1, 0.15) is 37.7 Å². The Bertz CT molecular complexity index is 1090. The van der Waals surface area contributed by atoms with E-state index in [1.807, 2.05) is 32.0 Å². The Labute approximate surface area is 146 Å². The number of fused-ring (bicyclic) bond motifs is 2. The smallest absolute Gasteiger partial charge is 0.280 e. The summed E-state index contributed by atoms with van der Waals surface area (Å²) in [5.41, 5.74) is 1.29. The van der Waals surface area contributed by atoms with Gasteiger partial charge in [-0.25, -0.2) is 9.97 Å². The fourth-order valence-corrected chi connectivity index (χ4v) is 2.97. The van der Waals surface area contributed by atoms with E-state index in [1.165, 1.54) is 6.07 Å². The van der Waals surface area contributed by atoms with Crippen LogP contribution in [0.15, 0.2) is 36.5 Å². The number of pyridine rings is 1. The van der Waals surface area contributed by atoms with Crippen LogP contribution in [0.5, 0.6) is 0 Å². The van der Waals surface area contributed by atoms with Crippen molar-refractivity contribution in [2.75, 3.05) is 0 Å². The number of aromatic amines is 1. The van der Waals surface area contributed by atoms with Gasteiger partial charge in [-0.2, -0.15) is 18.3 Å². The summed E-state index contributed by atoms with van der Waals surface area (Å²) in [6, 6.07) is 7.89. The van der Waals surface area contributed by atoms with E-state index in [0.29, 0.717) is 17.0 Å². The van der Waals surface area contributed by atoms with E-state index in [0.717, 1.165) is 23.4 Å². The van der Waals surface area contributed by atoms with Crippen LogP contribution < -0.4 is 0 Å². The molecule has 3 aromatic heterocycles. The molecular weight excluding hydrogens is 343 g/mol. The Balaban J connectivity index is 2.02. The Morgan fingerprint density at radius 2 is 1.96 bits per heavy atom. The highest BCUT2D eigenvalue weighted by Crippen LogP contribution is 2.32. The number of imidazole rings is 1. The van der Waals surface area contributed by atoms with Crippen LogP contribution in [0.4, 0.5) is 13.2 Å². The number of halogens is 3. The van der Waals surface area contributed by atoms with Crippen LogP contribution in [0.25, 0.3) is 27.8 Å². The van der Waals surface area contributed by atoms with E-state index in [4.69, 9.17) is 0 Å².